The van der Waals surface area contributed by atoms with E-state index in [2.05, 4.69) is 10.6 Å². The molecule has 0 spiro atoms. The quantitative estimate of drug-likeness (QED) is 0.713. The van der Waals surface area contributed by atoms with Crippen LogP contribution in [0.15, 0.2) is 0 Å². The minimum absolute atomic E-state index is 0.317. The molecule has 9 heteroatoms. The van der Waals surface area contributed by atoms with Crippen molar-refractivity contribution in [2.45, 2.75) is 65.6 Å². The van der Waals surface area contributed by atoms with Gasteiger partial charge in [-0.3, -0.25) is 10.1 Å². The molecule has 0 fully saturated rings. The van der Waals surface area contributed by atoms with Crippen LogP contribution in [0.4, 0.5) is 14.6 Å². The highest BCUT2D eigenvalue weighted by atomic mass is 32.1. The van der Waals surface area contributed by atoms with Crippen molar-refractivity contribution in [2.75, 3.05) is 11.9 Å². The Balaban J connectivity index is 2.23. The Morgan fingerprint density at radius 1 is 1.15 bits per heavy atom. The van der Waals surface area contributed by atoms with E-state index in [-0.39, 0.29) is 0 Å². The average molecular weight is 397 g/mol. The molecule has 4 amide bonds. The van der Waals surface area contributed by atoms with Crippen LogP contribution >= 0.6 is 11.3 Å². The molecule has 2 rings (SSSR count). The molecule has 0 unspecified atom stereocenters. The van der Waals surface area contributed by atoms with Gasteiger partial charge in [0, 0.05) is 17.0 Å². The van der Waals surface area contributed by atoms with Crippen LogP contribution in [0.3, 0.4) is 0 Å². The first-order valence-corrected chi connectivity index (χ1v) is 9.60. The molecule has 1 aliphatic rings. The summed E-state index contributed by atoms with van der Waals surface area (Å²) in [6.45, 7) is 11.8. The van der Waals surface area contributed by atoms with Crippen molar-refractivity contribution in [2.24, 2.45) is 5.73 Å². The second-order valence-corrected chi connectivity index (χ2v) is 9.66. The van der Waals surface area contributed by atoms with E-state index in [0.717, 1.165) is 10.4 Å². The fraction of sp³-hybridized carbons (Fsp3) is 0.611. The molecular formula is C18H28N4O4S. The van der Waals surface area contributed by atoms with Gasteiger partial charge in [-0.1, -0.05) is 0 Å². The van der Waals surface area contributed by atoms with Gasteiger partial charge >= 0.3 is 12.1 Å². The maximum atomic E-state index is 12.3. The number of carbonyl (C=O) groups excluding carboxylic acids is 3. The summed E-state index contributed by atoms with van der Waals surface area (Å²) in [5.74, 6) is -0.593. The van der Waals surface area contributed by atoms with E-state index in [4.69, 9.17) is 10.5 Å². The number of nitrogens with zero attached hydrogens (tertiary/aromatic N) is 1. The van der Waals surface area contributed by atoms with Gasteiger partial charge in [-0.2, -0.15) is 0 Å². The van der Waals surface area contributed by atoms with E-state index in [1.165, 1.54) is 11.3 Å². The maximum Gasteiger partial charge on any atom is 0.410 e. The number of hydrogen-bond acceptors (Lipinski definition) is 5. The molecular weight excluding hydrogens is 368 g/mol. The zero-order valence-electron chi connectivity index (χ0n) is 16.7. The minimum atomic E-state index is -0.593. The summed E-state index contributed by atoms with van der Waals surface area (Å²) in [6, 6.07) is -0.410. The Hall–Kier alpha value is -2.29. The van der Waals surface area contributed by atoms with Gasteiger partial charge in [-0.05, 0) is 53.5 Å². The molecule has 1 aromatic heterocycles. The number of urea groups is 1. The fourth-order valence-electron chi connectivity index (χ4n) is 2.71. The SMILES string of the molecule is CC(C)(C)NC(=O)Nc1sc2c(c1C(N)=O)CCN(C(=O)OC(C)(C)C)C2. The molecule has 1 aromatic rings. The second kappa shape index (κ2) is 7.38. The summed E-state index contributed by atoms with van der Waals surface area (Å²) < 4.78 is 5.42. The summed E-state index contributed by atoms with van der Waals surface area (Å²) in [6.07, 6.45) is 0.0773. The second-order valence-electron chi connectivity index (χ2n) is 8.55. The van der Waals surface area contributed by atoms with Gasteiger partial charge in [0.1, 0.15) is 10.6 Å². The number of primary amides is 1. The van der Waals surface area contributed by atoms with Gasteiger partial charge in [0.05, 0.1) is 12.1 Å². The van der Waals surface area contributed by atoms with Gasteiger partial charge in [0.25, 0.3) is 5.91 Å². The van der Waals surface area contributed by atoms with Crippen molar-refractivity contribution in [1.82, 2.24) is 10.2 Å². The third-order valence-electron chi connectivity index (χ3n) is 3.67. The van der Waals surface area contributed by atoms with Crippen LogP contribution in [0, 0.1) is 0 Å². The first-order chi connectivity index (χ1) is 12.3. The highest BCUT2D eigenvalue weighted by molar-refractivity contribution is 7.17. The van der Waals surface area contributed by atoms with Crippen LogP contribution in [-0.2, 0) is 17.7 Å². The van der Waals surface area contributed by atoms with Crippen LogP contribution in [0.5, 0.6) is 0 Å². The Kier molecular flexibility index (Phi) is 5.74. The fourth-order valence-corrected chi connectivity index (χ4v) is 3.97. The van der Waals surface area contributed by atoms with Crippen LogP contribution in [-0.4, -0.2) is 40.6 Å². The van der Waals surface area contributed by atoms with Crippen LogP contribution < -0.4 is 16.4 Å². The lowest BCUT2D eigenvalue weighted by Crippen LogP contribution is -2.43. The average Bonchev–Trinajstić information content (AvgIpc) is 2.79. The molecule has 0 atom stereocenters. The van der Waals surface area contributed by atoms with Gasteiger partial charge in [0.15, 0.2) is 0 Å². The first kappa shape index (κ1) is 21.0. The summed E-state index contributed by atoms with van der Waals surface area (Å²) in [4.78, 5) is 38.9. The largest absolute Gasteiger partial charge is 0.444 e. The van der Waals surface area contributed by atoms with Gasteiger partial charge in [0.2, 0.25) is 0 Å². The molecule has 0 radical (unpaired) electrons. The number of carbonyl (C=O) groups is 3. The van der Waals surface area contributed by atoms with Gasteiger partial charge < -0.3 is 20.7 Å². The Labute approximate surface area is 163 Å². The number of amides is 4. The lowest BCUT2D eigenvalue weighted by Gasteiger charge is -2.30. The minimum Gasteiger partial charge on any atom is -0.444 e. The number of rotatable bonds is 2. The molecule has 1 aliphatic heterocycles. The zero-order valence-corrected chi connectivity index (χ0v) is 17.5. The predicted octanol–water partition coefficient (Wildman–Crippen LogP) is 3.06. The lowest BCUT2D eigenvalue weighted by atomic mass is 10.0. The standard InChI is InChI=1S/C18H28N4O4S/c1-17(2,3)21-15(24)20-14-12(13(19)23)10-7-8-22(9-11(10)27-14)16(25)26-18(4,5)6/h7-9H2,1-6H3,(H2,19,23)(H2,20,21,24). The molecule has 0 saturated carbocycles. The maximum absolute atomic E-state index is 12.3. The summed E-state index contributed by atoms with van der Waals surface area (Å²) in [7, 11) is 0. The monoisotopic (exact) mass is 396 g/mol. The van der Waals surface area contributed by atoms with Crippen LogP contribution in [0.2, 0.25) is 0 Å². The van der Waals surface area contributed by atoms with Gasteiger partial charge in [-0.25, -0.2) is 9.59 Å². The van der Waals surface area contributed by atoms with Crippen LogP contribution in [0.1, 0.15) is 62.3 Å². The van der Waals surface area contributed by atoms with Crippen molar-refractivity contribution in [3.63, 3.8) is 0 Å². The van der Waals surface area contributed by atoms with Crippen molar-refractivity contribution in [3.05, 3.63) is 16.0 Å². The molecule has 2 heterocycles. The Bertz CT molecular complexity index is 759. The molecule has 0 aliphatic carbocycles. The third kappa shape index (κ3) is 5.59. The number of fused-ring (bicyclic) bond motifs is 1. The highest BCUT2D eigenvalue weighted by Gasteiger charge is 2.31. The summed E-state index contributed by atoms with van der Waals surface area (Å²) in [5, 5.41) is 5.91. The topological polar surface area (TPSA) is 114 Å². The van der Waals surface area contributed by atoms with E-state index >= 15 is 0 Å². The Morgan fingerprint density at radius 3 is 2.30 bits per heavy atom. The summed E-state index contributed by atoms with van der Waals surface area (Å²) in [5.41, 5.74) is 5.67. The molecule has 27 heavy (non-hydrogen) atoms. The Morgan fingerprint density at radius 2 is 1.78 bits per heavy atom. The first-order valence-electron chi connectivity index (χ1n) is 8.78. The predicted molar refractivity (Wildman–Crippen MR) is 105 cm³/mol. The van der Waals surface area contributed by atoms with Gasteiger partial charge in [-0.15, -0.1) is 11.3 Å². The number of anilines is 1. The molecule has 8 nitrogen and oxygen atoms in total. The zero-order chi connectivity index (χ0) is 20.6. The van der Waals surface area contributed by atoms with Crippen molar-refractivity contribution >= 4 is 34.4 Å². The van der Waals surface area contributed by atoms with E-state index in [9.17, 15) is 14.4 Å². The third-order valence-corrected chi connectivity index (χ3v) is 4.80. The normalized spacial score (nSPS) is 14.4. The number of hydrogen-bond donors (Lipinski definition) is 3. The molecule has 0 bridgehead atoms. The van der Waals surface area contributed by atoms with E-state index in [0.29, 0.717) is 30.1 Å². The van der Waals surface area contributed by atoms with Crippen molar-refractivity contribution in [3.8, 4) is 0 Å². The van der Waals surface area contributed by atoms with Crippen molar-refractivity contribution in [1.29, 1.82) is 0 Å². The number of nitrogens with two attached hydrogens (primary N) is 1. The number of thiophene rings is 1. The smallest absolute Gasteiger partial charge is 0.410 e. The highest BCUT2D eigenvalue weighted by Crippen LogP contribution is 2.37. The molecule has 4 N–H and O–H groups in total. The lowest BCUT2D eigenvalue weighted by molar-refractivity contribution is 0.0226. The number of nitrogens with one attached hydrogen (secondary N) is 2. The number of ether oxygens (including phenoxy) is 1. The summed E-state index contributed by atoms with van der Waals surface area (Å²) >= 11 is 1.26. The van der Waals surface area contributed by atoms with Crippen molar-refractivity contribution < 1.29 is 19.1 Å². The van der Waals surface area contributed by atoms with E-state index in [1.54, 1.807) is 4.90 Å². The van der Waals surface area contributed by atoms with E-state index < -0.39 is 29.2 Å². The van der Waals surface area contributed by atoms with E-state index in [1.807, 2.05) is 41.5 Å². The van der Waals surface area contributed by atoms with Crippen LogP contribution in [0.25, 0.3) is 0 Å². The molecule has 150 valence electrons. The molecule has 0 aromatic carbocycles. The molecule has 0 saturated heterocycles.